The topological polar surface area (TPSA) is 58.2 Å². The maximum atomic E-state index is 11.5. The van der Waals surface area contributed by atoms with E-state index in [0.717, 1.165) is 0 Å². The summed E-state index contributed by atoms with van der Waals surface area (Å²) in [7, 11) is 0. The summed E-state index contributed by atoms with van der Waals surface area (Å²) in [6.45, 7) is 0.769. The van der Waals surface area contributed by atoms with Gasteiger partial charge in [0, 0.05) is 12.6 Å². The van der Waals surface area contributed by atoms with Crippen LogP contribution < -0.4 is 10.6 Å². The number of carbonyl (C=O) groups is 2. The first-order chi connectivity index (χ1) is 7.52. The number of para-hydroxylation sites is 1. The van der Waals surface area contributed by atoms with E-state index in [1.54, 1.807) is 30.3 Å². The summed E-state index contributed by atoms with van der Waals surface area (Å²) in [5.74, 6) is -1.16. The molecule has 0 aliphatic heterocycles. The van der Waals surface area contributed by atoms with Gasteiger partial charge in [-0.05, 0) is 12.1 Å². The highest BCUT2D eigenvalue weighted by Gasteiger charge is 2.01. The molecule has 0 fully saturated rings. The van der Waals surface area contributed by atoms with E-state index >= 15 is 0 Å². The molecule has 2 N–H and O–H groups in total. The van der Waals surface area contributed by atoms with Gasteiger partial charge < -0.3 is 10.6 Å². The molecule has 74 valence electrons. The summed E-state index contributed by atoms with van der Waals surface area (Å²) in [6.07, 6.45) is 0. The van der Waals surface area contributed by atoms with Gasteiger partial charge in [0.1, 0.15) is 0 Å². The average molecular weight is 194 g/mol. The third-order valence-corrected chi connectivity index (χ3v) is 1.45. The predicted octanol–water partition coefficient (Wildman–Crippen LogP) is 0.761. The Morgan fingerprint density at radius 3 is 2.57 bits per heavy atom. The van der Waals surface area contributed by atoms with Gasteiger partial charge in [0.2, 0.25) is 11.8 Å². The van der Waals surface area contributed by atoms with Gasteiger partial charge in [-0.2, -0.15) is 0 Å². The van der Waals surface area contributed by atoms with Crippen molar-refractivity contribution in [1.29, 1.82) is 0 Å². The van der Waals surface area contributed by atoms with Crippen LogP contribution in [0.5, 0.6) is 0 Å². The summed E-state index contributed by atoms with van der Waals surface area (Å²) in [5.41, 5.74) is 0.407. The molecule has 0 aromatic heterocycles. The van der Waals surface area contributed by atoms with Crippen molar-refractivity contribution in [2.45, 2.75) is 6.92 Å². The zero-order chi connectivity index (χ0) is 12.1. The number of anilines is 1. The monoisotopic (exact) mass is 194 g/mol. The van der Waals surface area contributed by atoms with E-state index in [9.17, 15) is 9.59 Å². The average Bonchev–Trinajstić information content (AvgIpc) is 2.28. The van der Waals surface area contributed by atoms with Gasteiger partial charge in [0.25, 0.3) is 0 Å². The van der Waals surface area contributed by atoms with Crippen LogP contribution in [0.25, 0.3) is 0 Å². The SMILES string of the molecule is [2H]N(CC(=O)N([2H])c1ccccc1)C(C)=O. The van der Waals surface area contributed by atoms with Gasteiger partial charge in [-0.25, -0.2) is 0 Å². The fourth-order valence-electron chi connectivity index (χ4n) is 0.861. The molecular formula is C10H12N2O2. The van der Waals surface area contributed by atoms with E-state index in [-0.39, 0.29) is 0 Å². The van der Waals surface area contributed by atoms with E-state index in [1.165, 1.54) is 6.92 Å². The van der Waals surface area contributed by atoms with Crippen molar-refractivity contribution in [2.75, 3.05) is 11.9 Å². The highest BCUT2D eigenvalue weighted by atomic mass is 16.2. The molecule has 2 amide bonds. The van der Waals surface area contributed by atoms with Crippen molar-refractivity contribution >= 4 is 17.5 Å². The fraction of sp³-hybridized carbons (Fsp3) is 0.200. The van der Waals surface area contributed by atoms with Crippen molar-refractivity contribution in [3.63, 3.8) is 0 Å². The lowest BCUT2D eigenvalue weighted by atomic mass is 10.3. The molecule has 0 atom stereocenters. The van der Waals surface area contributed by atoms with Crippen molar-refractivity contribution < 1.29 is 12.4 Å². The van der Waals surface area contributed by atoms with Crippen molar-refractivity contribution in [3.8, 4) is 0 Å². The van der Waals surface area contributed by atoms with E-state index in [2.05, 4.69) is 0 Å². The first-order valence-corrected chi connectivity index (χ1v) is 4.16. The van der Waals surface area contributed by atoms with Gasteiger partial charge in [0.05, 0.1) is 6.54 Å². The molecule has 0 heterocycles. The normalized spacial score (nSPS) is 11.2. The lowest BCUT2D eigenvalue weighted by Crippen LogP contribution is -2.31. The summed E-state index contributed by atoms with van der Waals surface area (Å²) in [6, 6.07) is 8.38. The first kappa shape index (κ1) is 7.55. The molecule has 0 saturated heterocycles. The van der Waals surface area contributed by atoms with Gasteiger partial charge >= 0.3 is 0 Å². The van der Waals surface area contributed by atoms with Crippen LogP contribution >= 0.6 is 0 Å². The van der Waals surface area contributed by atoms with Gasteiger partial charge in [-0.1, -0.05) is 18.2 Å². The number of hydrogen-bond acceptors (Lipinski definition) is 2. The summed E-state index contributed by atoms with van der Waals surface area (Å²) in [5, 5.41) is 1.19. The molecule has 0 aliphatic carbocycles. The van der Waals surface area contributed by atoms with Crippen LogP contribution in [0.15, 0.2) is 30.3 Å². The maximum Gasteiger partial charge on any atom is 0.243 e. The molecule has 0 aliphatic rings. The van der Waals surface area contributed by atoms with E-state index in [1.807, 2.05) is 0 Å². The van der Waals surface area contributed by atoms with Crippen LogP contribution in [0.4, 0.5) is 5.69 Å². The minimum atomic E-state index is -0.628. The van der Waals surface area contributed by atoms with E-state index in [4.69, 9.17) is 2.82 Å². The Morgan fingerprint density at radius 1 is 1.36 bits per heavy atom. The first-order valence-electron chi connectivity index (χ1n) is 5.05. The van der Waals surface area contributed by atoms with Crippen LogP contribution in [-0.2, 0) is 9.59 Å². The third kappa shape index (κ3) is 3.71. The zero-order valence-electron chi connectivity index (χ0n) is 9.80. The molecule has 0 saturated carbocycles. The predicted molar refractivity (Wildman–Crippen MR) is 53.8 cm³/mol. The number of rotatable bonds is 3. The molecule has 4 heteroatoms. The molecule has 1 rings (SSSR count). The number of nitrogens with one attached hydrogen (secondary N) is 2. The second-order valence-electron chi connectivity index (χ2n) is 2.68. The van der Waals surface area contributed by atoms with Crippen LogP contribution in [0.3, 0.4) is 0 Å². The minimum absolute atomic E-state index is 0.407. The number of carbonyl (C=O) groups excluding carboxylic acids is 2. The van der Waals surface area contributed by atoms with Crippen molar-refractivity contribution in [1.82, 2.24) is 5.31 Å². The number of amides is 2. The Hall–Kier alpha value is -1.84. The maximum absolute atomic E-state index is 11.5. The quantitative estimate of drug-likeness (QED) is 0.746. The Balaban J connectivity index is 2.65. The lowest BCUT2D eigenvalue weighted by Gasteiger charge is -2.04. The summed E-state index contributed by atoms with van der Waals surface area (Å²) >= 11 is 0. The minimum Gasteiger partial charge on any atom is -0.347 e. The molecule has 0 radical (unpaired) electrons. The number of benzene rings is 1. The molecule has 14 heavy (non-hydrogen) atoms. The molecular weight excluding hydrogens is 180 g/mol. The second kappa shape index (κ2) is 5.01. The van der Waals surface area contributed by atoms with Crippen molar-refractivity contribution in [3.05, 3.63) is 30.3 Å². The molecule has 0 spiro atoms. The largest absolute Gasteiger partial charge is 0.347 e. The Kier molecular flexibility index (Phi) is 2.70. The summed E-state index contributed by atoms with van der Waals surface area (Å²) < 4.78 is 14.7. The van der Waals surface area contributed by atoms with Crippen LogP contribution in [-0.4, -0.2) is 18.4 Å². The second-order valence-corrected chi connectivity index (χ2v) is 2.68. The fourth-order valence-corrected chi connectivity index (χ4v) is 0.861. The highest BCUT2D eigenvalue weighted by Crippen LogP contribution is 2.03. The van der Waals surface area contributed by atoms with Gasteiger partial charge in [0.15, 0.2) is 2.82 Å². The lowest BCUT2D eigenvalue weighted by molar-refractivity contribution is -0.122. The zero-order valence-corrected chi connectivity index (χ0v) is 7.80. The van der Waals surface area contributed by atoms with Gasteiger partial charge in [-0.3, -0.25) is 9.59 Å². The van der Waals surface area contributed by atoms with Crippen LogP contribution in [0, 0.1) is 0 Å². The molecule has 1 aromatic rings. The Labute approximate surface area is 85.2 Å². The molecule has 0 unspecified atom stereocenters. The molecule has 4 nitrogen and oxygen atoms in total. The third-order valence-electron chi connectivity index (χ3n) is 1.45. The van der Waals surface area contributed by atoms with Crippen LogP contribution in [0.2, 0.25) is 2.82 Å². The molecule has 0 bridgehead atoms. The Bertz CT molecular complexity index is 384. The van der Waals surface area contributed by atoms with E-state index in [0.29, 0.717) is 16.3 Å². The van der Waals surface area contributed by atoms with E-state index < -0.39 is 18.4 Å². The standard InChI is InChI=1S/C10H12N2O2/c1-8(13)11-7-10(14)12-9-5-3-2-4-6-9/h2-6H,7H2,1H3,(H,11,13)(H,12,14)/i/hD2. The summed E-state index contributed by atoms with van der Waals surface area (Å²) in [4.78, 5) is 22.2. The van der Waals surface area contributed by atoms with Crippen molar-refractivity contribution in [2.24, 2.45) is 0 Å². The Morgan fingerprint density at radius 2 is 2.00 bits per heavy atom. The highest BCUT2D eigenvalue weighted by molar-refractivity contribution is 5.94. The molecule has 1 aromatic carbocycles. The number of hydrogen-bond donors (Lipinski definition) is 2. The van der Waals surface area contributed by atoms with Gasteiger partial charge in [-0.15, -0.1) is 0 Å². The smallest absolute Gasteiger partial charge is 0.243 e. The van der Waals surface area contributed by atoms with Crippen LogP contribution in [0.1, 0.15) is 6.92 Å².